The van der Waals surface area contributed by atoms with E-state index < -0.39 is 0 Å². The quantitative estimate of drug-likeness (QED) is 0.867. The van der Waals surface area contributed by atoms with Gasteiger partial charge in [-0.2, -0.15) is 15.0 Å². The molecule has 1 aliphatic heterocycles. The number of rotatable bonds is 4. The van der Waals surface area contributed by atoms with Crippen LogP contribution in [0.3, 0.4) is 0 Å². The van der Waals surface area contributed by atoms with Gasteiger partial charge in [-0.25, -0.2) is 0 Å². The summed E-state index contributed by atoms with van der Waals surface area (Å²) >= 11 is 1.66. The van der Waals surface area contributed by atoms with Crippen LogP contribution in [0, 0.1) is 0 Å². The molecule has 7 heteroatoms. The van der Waals surface area contributed by atoms with Gasteiger partial charge in [0.2, 0.25) is 5.95 Å². The maximum atomic E-state index is 5.32. The average molecular weight is 256 g/mol. The molecule has 0 aliphatic carbocycles. The van der Waals surface area contributed by atoms with Crippen molar-refractivity contribution in [3.63, 3.8) is 0 Å². The fourth-order valence-corrected chi connectivity index (χ4v) is 2.53. The molecule has 1 fully saturated rings. The highest BCUT2D eigenvalue weighted by Gasteiger charge is 2.17. The van der Waals surface area contributed by atoms with E-state index in [4.69, 9.17) is 9.47 Å². The number of hydrogen-bond acceptors (Lipinski definition) is 7. The minimum absolute atomic E-state index is 0.346. The maximum absolute atomic E-state index is 5.32. The van der Waals surface area contributed by atoms with E-state index in [2.05, 4.69) is 20.3 Å². The molecule has 0 saturated carbocycles. The van der Waals surface area contributed by atoms with Crippen LogP contribution >= 0.6 is 11.8 Å². The van der Waals surface area contributed by atoms with Gasteiger partial charge in [0.25, 0.3) is 0 Å². The van der Waals surface area contributed by atoms with Crippen molar-refractivity contribution in [3.05, 3.63) is 0 Å². The highest BCUT2D eigenvalue weighted by molar-refractivity contribution is 7.99. The molecule has 94 valence electrons. The van der Waals surface area contributed by atoms with E-state index in [1.807, 2.05) is 0 Å². The largest absolute Gasteiger partial charge is 0.467 e. The van der Waals surface area contributed by atoms with Gasteiger partial charge in [0, 0.05) is 25.5 Å². The van der Waals surface area contributed by atoms with E-state index in [9.17, 15) is 0 Å². The predicted molar refractivity (Wildman–Crippen MR) is 65.6 cm³/mol. The Bertz CT molecular complexity index is 349. The van der Waals surface area contributed by atoms with E-state index >= 15 is 0 Å². The summed E-state index contributed by atoms with van der Waals surface area (Å²) in [6.07, 6.45) is 2.07. The smallest absolute Gasteiger partial charge is 0.321 e. The lowest BCUT2D eigenvalue weighted by Gasteiger charge is -2.20. The van der Waals surface area contributed by atoms with Gasteiger partial charge in [-0.3, -0.25) is 0 Å². The van der Waals surface area contributed by atoms with Crippen LogP contribution in [0.1, 0.15) is 12.8 Å². The normalized spacial score (nSPS) is 16.8. The van der Waals surface area contributed by atoms with Crippen molar-refractivity contribution >= 4 is 17.7 Å². The van der Waals surface area contributed by atoms with Gasteiger partial charge < -0.3 is 14.8 Å². The SMILES string of the molecule is CNc1nc(OC)nc(SC2CCOCC2)n1. The van der Waals surface area contributed by atoms with E-state index in [0.29, 0.717) is 22.4 Å². The van der Waals surface area contributed by atoms with Crippen molar-refractivity contribution in [2.45, 2.75) is 23.2 Å². The van der Waals surface area contributed by atoms with Gasteiger partial charge in [-0.15, -0.1) is 0 Å². The first-order valence-corrected chi connectivity index (χ1v) is 6.42. The summed E-state index contributed by atoms with van der Waals surface area (Å²) in [5, 5.41) is 4.12. The predicted octanol–water partition coefficient (Wildman–Crippen LogP) is 1.19. The van der Waals surface area contributed by atoms with E-state index in [0.717, 1.165) is 26.1 Å². The summed E-state index contributed by atoms with van der Waals surface area (Å²) < 4.78 is 10.4. The molecule has 1 N–H and O–H groups in total. The zero-order chi connectivity index (χ0) is 12.1. The summed E-state index contributed by atoms with van der Waals surface area (Å²) in [5.41, 5.74) is 0. The van der Waals surface area contributed by atoms with Gasteiger partial charge in [0.15, 0.2) is 5.16 Å². The molecule has 0 aromatic carbocycles. The Morgan fingerprint density at radius 1 is 1.29 bits per heavy atom. The maximum Gasteiger partial charge on any atom is 0.321 e. The number of hydrogen-bond donors (Lipinski definition) is 1. The molecule has 6 nitrogen and oxygen atoms in total. The number of methoxy groups -OCH3 is 1. The van der Waals surface area contributed by atoms with Gasteiger partial charge in [-0.05, 0) is 12.8 Å². The van der Waals surface area contributed by atoms with Gasteiger partial charge in [-0.1, -0.05) is 11.8 Å². The molecule has 0 unspecified atom stereocenters. The third-order valence-electron chi connectivity index (χ3n) is 2.44. The van der Waals surface area contributed by atoms with Crippen molar-refractivity contribution in [1.29, 1.82) is 0 Å². The lowest BCUT2D eigenvalue weighted by Crippen LogP contribution is -2.18. The fourth-order valence-electron chi connectivity index (χ4n) is 1.54. The Hall–Kier alpha value is -1.08. The lowest BCUT2D eigenvalue weighted by molar-refractivity contribution is 0.1000. The van der Waals surface area contributed by atoms with Crippen molar-refractivity contribution < 1.29 is 9.47 Å². The van der Waals surface area contributed by atoms with E-state index in [1.165, 1.54) is 0 Å². The molecule has 0 amide bonds. The molecule has 0 radical (unpaired) electrons. The number of ether oxygens (including phenoxy) is 2. The highest BCUT2D eigenvalue weighted by atomic mass is 32.2. The van der Waals surface area contributed by atoms with Crippen LogP contribution in [0.2, 0.25) is 0 Å². The van der Waals surface area contributed by atoms with Crippen molar-refractivity contribution in [2.75, 3.05) is 32.7 Å². The Kier molecular flexibility index (Phi) is 4.38. The second-order valence-electron chi connectivity index (χ2n) is 3.61. The summed E-state index contributed by atoms with van der Waals surface area (Å²) in [7, 11) is 3.33. The minimum Gasteiger partial charge on any atom is -0.467 e. The van der Waals surface area contributed by atoms with Crippen LogP contribution < -0.4 is 10.1 Å². The molecule has 1 aromatic heterocycles. The van der Waals surface area contributed by atoms with Crippen LogP contribution in [0.25, 0.3) is 0 Å². The molecule has 17 heavy (non-hydrogen) atoms. The molecule has 1 saturated heterocycles. The monoisotopic (exact) mass is 256 g/mol. The third-order valence-corrected chi connectivity index (χ3v) is 3.64. The number of nitrogens with one attached hydrogen (secondary N) is 1. The number of thioether (sulfide) groups is 1. The number of aromatic nitrogens is 3. The molecule has 0 bridgehead atoms. The van der Waals surface area contributed by atoms with Crippen LogP contribution in [0.4, 0.5) is 5.95 Å². The standard InChI is InChI=1S/C10H16N4O2S/c1-11-8-12-9(15-2)14-10(13-8)17-7-3-5-16-6-4-7/h7H,3-6H2,1-2H3,(H,11,12,13,14). The molecular weight excluding hydrogens is 240 g/mol. The minimum atomic E-state index is 0.346. The number of anilines is 1. The summed E-state index contributed by atoms with van der Waals surface area (Å²) in [6.45, 7) is 1.64. The fraction of sp³-hybridized carbons (Fsp3) is 0.700. The second kappa shape index (κ2) is 6.02. The Morgan fingerprint density at radius 3 is 2.71 bits per heavy atom. The van der Waals surface area contributed by atoms with Crippen LogP contribution in [-0.2, 0) is 4.74 Å². The van der Waals surface area contributed by atoms with E-state index in [1.54, 1.807) is 25.9 Å². The van der Waals surface area contributed by atoms with Crippen molar-refractivity contribution in [1.82, 2.24) is 15.0 Å². The van der Waals surface area contributed by atoms with E-state index in [-0.39, 0.29) is 0 Å². The molecule has 0 spiro atoms. The Morgan fingerprint density at radius 2 is 2.06 bits per heavy atom. The highest BCUT2D eigenvalue weighted by Crippen LogP contribution is 2.28. The van der Waals surface area contributed by atoms with Gasteiger partial charge in [0.1, 0.15) is 0 Å². The van der Waals surface area contributed by atoms with Crippen molar-refractivity contribution in [3.8, 4) is 6.01 Å². The summed E-state index contributed by atoms with van der Waals surface area (Å²) in [6, 6.07) is 0.346. The van der Waals surface area contributed by atoms with Crippen LogP contribution in [0.5, 0.6) is 6.01 Å². The first-order chi connectivity index (χ1) is 8.31. The molecule has 0 atom stereocenters. The van der Waals surface area contributed by atoms with Crippen molar-refractivity contribution in [2.24, 2.45) is 0 Å². The van der Waals surface area contributed by atoms with Gasteiger partial charge in [0.05, 0.1) is 7.11 Å². The molecule has 2 rings (SSSR count). The third kappa shape index (κ3) is 3.44. The average Bonchev–Trinajstić information content (AvgIpc) is 2.39. The summed E-state index contributed by atoms with van der Waals surface area (Å²) in [4.78, 5) is 12.6. The molecular formula is C10H16N4O2S. The zero-order valence-corrected chi connectivity index (χ0v) is 10.8. The molecule has 2 heterocycles. The molecule has 1 aliphatic rings. The first-order valence-electron chi connectivity index (χ1n) is 5.54. The summed E-state index contributed by atoms with van der Waals surface area (Å²) in [5.74, 6) is 0.534. The first kappa shape index (κ1) is 12.4. The van der Waals surface area contributed by atoms with Crippen LogP contribution in [-0.4, -0.2) is 47.6 Å². The second-order valence-corrected chi connectivity index (χ2v) is 4.88. The molecule has 1 aromatic rings. The van der Waals surface area contributed by atoms with Gasteiger partial charge >= 0.3 is 6.01 Å². The Balaban J connectivity index is 2.07. The number of nitrogens with zero attached hydrogens (tertiary/aromatic N) is 3. The Labute approximate surface area is 105 Å². The zero-order valence-electron chi connectivity index (χ0n) is 9.97. The lowest BCUT2D eigenvalue weighted by atomic mass is 10.2. The van der Waals surface area contributed by atoms with Crippen LogP contribution in [0.15, 0.2) is 5.16 Å². The topological polar surface area (TPSA) is 69.2 Å².